The maximum Gasteiger partial charge on any atom is 0.407 e. The molecule has 3 nitrogen and oxygen atoms in total. The average Bonchev–Trinajstić information content (AvgIpc) is 2.89. The van der Waals surface area contributed by atoms with E-state index in [4.69, 9.17) is 4.74 Å². The summed E-state index contributed by atoms with van der Waals surface area (Å²) in [5.74, 6) is 0.119. The van der Waals surface area contributed by atoms with E-state index in [0.29, 0.717) is 13.2 Å². The van der Waals surface area contributed by atoms with Crippen LogP contribution in [0.5, 0.6) is 0 Å². The number of nitrogens with one attached hydrogen (secondary N) is 1. The number of amides is 1. The van der Waals surface area contributed by atoms with Gasteiger partial charge in [0.1, 0.15) is 6.61 Å². The number of carbonyl (C=O) groups excluding carboxylic acids is 1. The Labute approximate surface area is 142 Å². The maximum atomic E-state index is 11.9. The van der Waals surface area contributed by atoms with Crippen molar-refractivity contribution >= 4 is 6.09 Å². The van der Waals surface area contributed by atoms with Crippen molar-refractivity contribution in [1.29, 1.82) is 0 Å². The summed E-state index contributed by atoms with van der Waals surface area (Å²) < 4.78 is 5.49. The van der Waals surface area contributed by atoms with E-state index in [-0.39, 0.29) is 12.0 Å². The van der Waals surface area contributed by atoms with Crippen LogP contribution in [0.2, 0.25) is 0 Å². The summed E-state index contributed by atoms with van der Waals surface area (Å²) in [4.78, 5) is 11.9. The topological polar surface area (TPSA) is 38.3 Å². The Morgan fingerprint density at radius 1 is 1.04 bits per heavy atom. The van der Waals surface area contributed by atoms with Crippen LogP contribution in [0.25, 0.3) is 11.1 Å². The van der Waals surface area contributed by atoms with Gasteiger partial charge in [0, 0.05) is 12.5 Å². The molecule has 2 aliphatic rings. The highest BCUT2D eigenvalue weighted by Gasteiger charge is 2.28. The van der Waals surface area contributed by atoms with Crippen molar-refractivity contribution in [2.75, 3.05) is 13.2 Å². The van der Waals surface area contributed by atoms with Crippen LogP contribution >= 0.6 is 0 Å². The van der Waals surface area contributed by atoms with Crippen LogP contribution in [-0.2, 0) is 4.74 Å². The Morgan fingerprint density at radius 2 is 1.67 bits per heavy atom. The van der Waals surface area contributed by atoms with Gasteiger partial charge in [0.15, 0.2) is 0 Å². The van der Waals surface area contributed by atoms with Crippen LogP contribution in [0.4, 0.5) is 4.79 Å². The number of carbonyl (C=O) groups is 1. The molecule has 2 aromatic rings. The van der Waals surface area contributed by atoms with Crippen LogP contribution < -0.4 is 5.32 Å². The second kappa shape index (κ2) is 6.52. The maximum absolute atomic E-state index is 11.9. The summed E-state index contributed by atoms with van der Waals surface area (Å²) in [7, 11) is 0. The third-order valence-electron chi connectivity index (χ3n) is 4.98. The van der Waals surface area contributed by atoms with Gasteiger partial charge in [-0.1, -0.05) is 60.2 Å². The van der Waals surface area contributed by atoms with Gasteiger partial charge in [-0.3, -0.25) is 0 Å². The van der Waals surface area contributed by atoms with Gasteiger partial charge in [0.2, 0.25) is 0 Å². The minimum Gasteiger partial charge on any atom is -0.449 e. The molecule has 24 heavy (non-hydrogen) atoms. The van der Waals surface area contributed by atoms with E-state index >= 15 is 0 Å². The number of hydrogen-bond acceptors (Lipinski definition) is 2. The molecular weight excluding hydrogens is 298 g/mol. The first-order chi connectivity index (χ1) is 11.8. The molecule has 0 atom stereocenters. The molecule has 1 N–H and O–H groups in total. The van der Waals surface area contributed by atoms with E-state index in [0.717, 1.165) is 0 Å². The summed E-state index contributed by atoms with van der Waals surface area (Å²) in [6, 6.07) is 16.7. The van der Waals surface area contributed by atoms with Crippen molar-refractivity contribution in [2.24, 2.45) is 0 Å². The molecule has 0 radical (unpaired) electrons. The number of fused-ring (bicyclic) bond motifs is 3. The van der Waals surface area contributed by atoms with Gasteiger partial charge in [-0.25, -0.2) is 4.79 Å². The van der Waals surface area contributed by atoms with Crippen molar-refractivity contribution in [3.05, 3.63) is 71.3 Å². The van der Waals surface area contributed by atoms with Gasteiger partial charge in [-0.2, -0.15) is 0 Å². The van der Waals surface area contributed by atoms with Crippen LogP contribution in [0, 0.1) is 0 Å². The molecular formula is C21H21NO2. The molecule has 0 saturated heterocycles. The Kier molecular flexibility index (Phi) is 4.08. The van der Waals surface area contributed by atoms with E-state index in [2.05, 4.69) is 47.8 Å². The third kappa shape index (κ3) is 2.82. The van der Waals surface area contributed by atoms with E-state index < -0.39 is 0 Å². The van der Waals surface area contributed by atoms with Gasteiger partial charge < -0.3 is 10.1 Å². The molecule has 122 valence electrons. The zero-order chi connectivity index (χ0) is 16.4. The monoisotopic (exact) mass is 319 g/mol. The van der Waals surface area contributed by atoms with E-state index in [1.54, 1.807) is 0 Å². The standard InChI is InChI=1S/C21H21NO2/c23-21(22-13-12-15-6-5-7-15)24-14-20-18-10-3-1-8-16(18)17-9-2-4-11-19(17)20/h1-4,8-12,20H,5-7,13-14H2,(H,22,23). The fourth-order valence-corrected chi connectivity index (χ4v) is 3.51. The molecule has 4 rings (SSSR count). The number of benzene rings is 2. The summed E-state index contributed by atoms with van der Waals surface area (Å²) in [5.41, 5.74) is 6.41. The van der Waals surface area contributed by atoms with Crippen LogP contribution in [0.15, 0.2) is 60.2 Å². The smallest absolute Gasteiger partial charge is 0.407 e. The Morgan fingerprint density at radius 3 is 2.25 bits per heavy atom. The summed E-state index contributed by atoms with van der Waals surface area (Å²) >= 11 is 0. The summed E-state index contributed by atoms with van der Waals surface area (Å²) in [5, 5.41) is 2.82. The molecule has 0 spiro atoms. The lowest BCUT2D eigenvalue weighted by Crippen LogP contribution is -2.26. The fourth-order valence-electron chi connectivity index (χ4n) is 3.51. The lowest BCUT2D eigenvalue weighted by molar-refractivity contribution is 0.144. The molecule has 0 aliphatic heterocycles. The fraction of sp³-hybridized carbons (Fsp3) is 0.286. The minimum atomic E-state index is -0.340. The van der Waals surface area contributed by atoms with Crippen LogP contribution in [0.1, 0.15) is 36.3 Å². The Hall–Kier alpha value is -2.55. The van der Waals surface area contributed by atoms with Crippen molar-refractivity contribution in [1.82, 2.24) is 5.32 Å². The second-order valence-corrected chi connectivity index (χ2v) is 6.42. The quantitative estimate of drug-likeness (QED) is 0.834. The molecule has 2 aromatic carbocycles. The number of alkyl carbamates (subject to hydrolysis) is 1. The zero-order valence-corrected chi connectivity index (χ0v) is 13.6. The highest BCUT2D eigenvalue weighted by molar-refractivity contribution is 5.79. The SMILES string of the molecule is O=C(NCC=C1CCC1)OCC1c2ccccc2-c2ccccc21. The van der Waals surface area contributed by atoms with E-state index in [1.165, 1.54) is 47.1 Å². The Balaban J connectivity index is 1.42. The van der Waals surface area contributed by atoms with E-state index in [9.17, 15) is 4.79 Å². The molecule has 1 fully saturated rings. The van der Waals surface area contributed by atoms with Gasteiger partial charge in [0.25, 0.3) is 0 Å². The van der Waals surface area contributed by atoms with Gasteiger partial charge in [-0.05, 0) is 41.5 Å². The number of ether oxygens (including phenoxy) is 1. The normalized spacial score (nSPS) is 15.2. The molecule has 0 unspecified atom stereocenters. The van der Waals surface area contributed by atoms with Gasteiger partial charge in [0.05, 0.1) is 0 Å². The number of allylic oxidation sites excluding steroid dienone is 1. The zero-order valence-electron chi connectivity index (χ0n) is 13.6. The predicted molar refractivity (Wildman–Crippen MR) is 95.0 cm³/mol. The van der Waals surface area contributed by atoms with Crippen molar-refractivity contribution in [3.8, 4) is 11.1 Å². The van der Waals surface area contributed by atoms with Crippen molar-refractivity contribution in [2.45, 2.75) is 25.2 Å². The number of rotatable bonds is 4. The predicted octanol–water partition coefficient (Wildman–Crippen LogP) is 4.64. The second-order valence-electron chi connectivity index (χ2n) is 6.42. The van der Waals surface area contributed by atoms with Crippen molar-refractivity contribution < 1.29 is 9.53 Å². The van der Waals surface area contributed by atoms with Crippen LogP contribution in [-0.4, -0.2) is 19.2 Å². The first kappa shape index (κ1) is 15.0. The van der Waals surface area contributed by atoms with Gasteiger partial charge in [-0.15, -0.1) is 0 Å². The van der Waals surface area contributed by atoms with Crippen molar-refractivity contribution in [3.63, 3.8) is 0 Å². The minimum absolute atomic E-state index is 0.119. The summed E-state index contributed by atoms with van der Waals surface area (Å²) in [6.45, 7) is 0.933. The highest BCUT2D eigenvalue weighted by atomic mass is 16.5. The van der Waals surface area contributed by atoms with E-state index in [1.807, 2.05) is 12.1 Å². The lowest BCUT2D eigenvalue weighted by Gasteiger charge is -2.16. The molecule has 0 aromatic heterocycles. The summed E-state index contributed by atoms with van der Waals surface area (Å²) in [6.07, 6.45) is 5.38. The molecule has 1 amide bonds. The highest BCUT2D eigenvalue weighted by Crippen LogP contribution is 2.44. The Bertz CT molecular complexity index is 742. The lowest BCUT2D eigenvalue weighted by atomic mass is 9.92. The third-order valence-corrected chi connectivity index (χ3v) is 4.98. The molecule has 1 saturated carbocycles. The van der Waals surface area contributed by atoms with Gasteiger partial charge >= 0.3 is 6.09 Å². The first-order valence-corrected chi connectivity index (χ1v) is 8.59. The number of hydrogen-bond donors (Lipinski definition) is 1. The molecule has 2 aliphatic carbocycles. The molecule has 3 heteroatoms. The first-order valence-electron chi connectivity index (χ1n) is 8.59. The average molecular weight is 319 g/mol. The molecule has 0 bridgehead atoms. The molecule has 0 heterocycles. The largest absolute Gasteiger partial charge is 0.449 e. The van der Waals surface area contributed by atoms with Crippen LogP contribution in [0.3, 0.4) is 0 Å².